The highest BCUT2D eigenvalue weighted by atomic mass is 32.2. The standard InChI is InChI=1S/C14H16N2O3S2/c1-9-4-5-12(10(2)6-9)16-21(18,19)11-7-13(20-8-11)14(17)15-3/h4-8,16H,1-3H3,(H,15,17). The predicted octanol–water partition coefficient (Wildman–Crippen LogP) is 2.53. The molecule has 2 N–H and O–H groups in total. The zero-order chi connectivity index (χ0) is 15.6. The predicted molar refractivity (Wildman–Crippen MR) is 84.4 cm³/mol. The fourth-order valence-electron chi connectivity index (χ4n) is 1.83. The second-order valence-corrected chi connectivity index (χ2v) is 7.24. The van der Waals surface area contributed by atoms with Crippen LogP contribution in [0.4, 0.5) is 5.69 Å². The van der Waals surface area contributed by atoms with Crippen molar-refractivity contribution in [2.75, 3.05) is 11.8 Å². The van der Waals surface area contributed by atoms with E-state index in [2.05, 4.69) is 10.0 Å². The van der Waals surface area contributed by atoms with E-state index in [9.17, 15) is 13.2 Å². The molecular formula is C14H16N2O3S2. The highest BCUT2D eigenvalue weighted by molar-refractivity contribution is 7.92. The quantitative estimate of drug-likeness (QED) is 0.907. The van der Waals surface area contributed by atoms with Gasteiger partial charge in [-0.25, -0.2) is 8.42 Å². The molecule has 1 amide bonds. The number of sulfonamides is 1. The molecule has 0 aliphatic carbocycles. The average Bonchev–Trinajstić information content (AvgIpc) is 2.91. The SMILES string of the molecule is CNC(=O)c1cc(S(=O)(=O)Nc2ccc(C)cc2C)cs1. The Balaban J connectivity index is 2.30. The van der Waals surface area contributed by atoms with Crippen LogP contribution in [0.3, 0.4) is 0 Å². The molecule has 0 fully saturated rings. The third kappa shape index (κ3) is 3.43. The molecule has 0 bridgehead atoms. The number of benzene rings is 1. The molecule has 7 heteroatoms. The molecule has 0 saturated heterocycles. The molecule has 112 valence electrons. The summed E-state index contributed by atoms with van der Waals surface area (Å²) in [6, 6.07) is 6.85. The van der Waals surface area contributed by atoms with Crippen molar-refractivity contribution in [3.05, 3.63) is 45.6 Å². The number of carbonyl (C=O) groups excluding carboxylic acids is 1. The summed E-state index contributed by atoms with van der Waals surface area (Å²) in [5.74, 6) is -0.298. The number of amides is 1. The number of carbonyl (C=O) groups is 1. The maximum atomic E-state index is 12.3. The summed E-state index contributed by atoms with van der Waals surface area (Å²) in [6.45, 7) is 3.79. The number of rotatable bonds is 4. The fourth-order valence-corrected chi connectivity index (χ4v) is 4.18. The van der Waals surface area contributed by atoms with Gasteiger partial charge in [-0.3, -0.25) is 9.52 Å². The van der Waals surface area contributed by atoms with Gasteiger partial charge in [-0.15, -0.1) is 11.3 Å². The maximum absolute atomic E-state index is 12.3. The number of nitrogens with one attached hydrogen (secondary N) is 2. The lowest BCUT2D eigenvalue weighted by Gasteiger charge is -2.10. The van der Waals surface area contributed by atoms with Crippen molar-refractivity contribution in [2.45, 2.75) is 18.7 Å². The number of aryl methyl sites for hydroxylation is 2. The molecule has 1 aromatic heterocycles. The topological polar surface area (TPSA) is 75.3 Å². The Bertz CT molecular complexity index is 779. The van der Waals surface area contributed by atoms with Crippen LogP contribution in [0.1, 0.15) is 20.8 Å². The number of thiophene rings is 1. The zero-order valence-electron chi connectivity index (χ0n) is 11.9. The Hall–Kier alpha value is -1.86. The molecule has 1 heterocycles. The van der Waals surface area contributed by atoms with E-state index >= 15 is 0 Å². The van der Waals surface area contributed by atoms with Crippen LogP contribution in [-0.2, 0) is 10.0 Å². The molecule has 0 aliphatic heterocycles. The van der Waals surface area contributed by atoms with E-state index in [1.165, 1.54) is 18.5 Å². The van der Waals surface area contributed by atoms with Crippen LogP contribution >= 0.6 is 11.3 Å². The molecule has 0 atom stereocenters. The molecule has 1 aromatic carbocycles. The first-order valence-corrected chi connectivity index (χ1v) is 8.60. The van der Waals surface area contributed by atoms with Crippen molar-refractivity contribution < 1.29 is 13.2 Å². The van der Waals surface area contributed by atoms with Gasteiger partial charge in [0.25, 0.3) is 15.9 Å². The van der Waals surface area contributed by atoms with Gasteiger partial charge < -0.3 is 5.32 Å². The molecule has 0 aliphatic rings. The zero-order valence-corrected chi connectivity index (χ0v) is 13.6. The van der Waals surface area contributed by atoms with Gasteiger partial charge in [0.2, 0.25) is 0 Å². The first-order valence-electron chi connectivity index (χ1n) is 6.24. The minimum absolute atomic E-state index is 0.0890. The number of anilines is 1. The van der Waals surface area contributed by atoms with Crippen molar-refractivity contribution in [3.8, 4) is 0 Å². The van der Waals surface area contributed by atoms with E-state index in [0.29, 0.717) is 10.6 Å². The van der Waals surface area contributed by atoms with Gasteiger partial charge in [0.05, 0.1) is 15.5 Å². The Morgan fingerprint density at radius 3 is 2.52 bits per heavy atom. The summed E-state index contributed by atoms with van der Waals surface area (Å²) in [5.41, 5.74) is 2.45. The minimum atomic E-state index is -3.69. The van der Waals surface area contributed by atoms with E-state index in [1.54, 1.807) is 6.07 Å². The second-order valence-electron chi connectivity index (χ2n) is 4.65. The van der Waals surface area contributed by atoms with Gasteiger partial charge in [0.15, 0.2) is 0 Å². The average molecular weight is 324 g/mol. The van der Waals surface area contributed by atoms with Crippen LogP contribution in [0.15, 0.2) is 34.5 Å². The molecule has 0 radical (unpaired) electrons. The Morgan fingerprint density at radius 2 is 1.90 bits per heavy atom. The normalized spacial score (nSPS) is 11.2. The molecular weight excluding hydrogens is 308 g/mol. The summed E-state index contributed by atoms with van der Waals surface area (Å²) in [5, 5.41) is 3.92. The smallest absolute Gasteiger partial charge is 0.262 e. The molecule has 2 rings (SSSR count). The highest BCUT2D eigenvalue weighted by Crippen LogP contribution is 2.24. The van der Waals surface area contributed by atoms with Crippen molar-refractivity contribution in [2.24, 2.45) is 0 Å². The second kappa shape index (κ2) is 5.87. The first-order chi connectivity index (χ1) is 9.83. The van der Waals surface area contributed by atoms with E-state index in [-0.39, 0.29) is 10.8 Å². The summed E-state index contributed by atoms with van der Waals surface area (Å²) in [4.78, 5) is 11.9. The van der Waals surface area contributed by atoms with Crippen LogP contribution < -0.4 is 10.0 Å². The van der Waals surface area contributed by atoms with E-state index in [0.717, 1.165) is 22.5 Å². The van der Waals surface area contributed by atoms with Crippen molar-refractivity contribution in [1.82, 2.24) is 5.32 Å². The molecule has 2 aromatic rings. The summed E-state index contributed by atoms with van der Waals surface area (Å²) in [6.07, 6.45) is 0. The minimum Gasteiger partial charge on any atom is -0.354 e. The van der Waals surface area contributed by atoms with Crippen molar-refractivity contribution in [3.63, 3.8) is 0 Å². The summed E-state index contributed by atoms with van der Waals surface area (Å²) >= 11 is 1.10. The van der Waals surface area contributed by atoms with Gasteiger partial charge in [-0.1, -0.05) is 17.7 Å². The van der Waals surface area contributed by atoms with Gasteiger partial charge in [-0.2, -0.15) is 0 Å². The molecule has 0 unspecified atom stereocenters. The monoisotopic (exact) mass is 324 g/mol. The van der Waals surface area contributed by atoms with Crippen LogP contribution in [0.25, 0.3) is 0 Å². The van der Waals surface area contributed by atoms with Gasteiger partial charge in [-0.05, 0) is 31.5 Å². The van der Waals surface area contributed by atoms with Crippen molar-refractivity contribution in [1.29, 1.82) is 0 Å². The lowest BCUT2D eigenvalue weighted by molar-refractivity contribution is 0.0967. The largest absolute Gasteiger partial charge is 0.354 e. The number of hydrogen-bond acceptors (Lipinski definition) is 4. The van der Waals surface area contributed by atoms with Gasteiger partial charge in [0.1, 0.15) is 0 Å². The highest BCUT2D eigenvalue weighted by Gasteiger charge is 2.19. The first kappa shape index (κ1) is 15.5. The fraction of sp³-hybridized carbons (Fsp3) is 0.214. The van der Waals surface area contributed by atoms with Crippen LogP contribution in [0.2, 0.25) is 0 Å². The third-order valence-corrected chi connectivity index (χ3v) is 5.39. The Kier molecular flexibility index (Phi) is 4.34. The lowest BCUT2D eigenvalue weighted by atomic mass is 10.1. The Labute approximate surface area is 128 Å². The Morgan fingerprint density at radius 1 is 1.19 bits per heavy atom. The van der Waals surface area contributed by atoms with E-state index in [1.807, 2.05) is 26.0 Å². The lowest BCUT2D eigenvalue weighted by Crippen LogP contribution is -2.16. The van der Waals surface area contributed by atoms with Crippen LogP contribution in [-0.4, -0.2) is 21.4 Å². The molecule has 0 spiro atoms. The maximum Gasteiger partial charge on any atom is 0.262 e. The third-order valence-electron chi connectivity index (χ3n) is 2.96. The number of hydrogen-bond donors (Lipinski definition) is 2. The van der Waals surface area contributed by atoms with Gasteiger partial charge in [0, 0.05) is 12.4 Å². The molecule has 5 nitrogen and oxygen atoms in total. The van der Waals surface area contributed by atoms with Gasteiger partial charge >= 0.3 is 0 Å². The van der Waals surface area contributed by atoms with E-state index in [4.69, 9.17) is 0 Å². The summed E-state index contributed by atoms with van der Waals surface area (Å²) in [7, 11) is -2.19. The van der Waals surface area contributed by atoms with Crippen LogP contribution in [0.5, 0.6) is 0 Å². The summed E-state index contributed by atoms with van der Waals surface area (Å²) < 4.78 is 27.2. The van der Waals surface area contributed by atoms with Crippen molar-refractivity contribution >= 4 is 33.0 Å². The van der Waals surface area contributed by atoms with E-state index < -0.39 is 10.0 Å². The van der Waals surface area contributed by atoms with Crippen LogP contribution in [0, 0.1) is 13.8 Å². The molecule has 21 heavy (non-hydrogen) atoms. The molecule has 0 saturated carbocycles.